The molecule has 1 fully saturated rings. The Morgan fingerprint density at radius 3 is 2.94 bits per heavy atom. The molecule has 84 valence electrons. The first-order valence-corrected chi connectivity index (χ1v) is 5.96. The van der Waals surface area contributed by atoms with Crippen molar-refractivity contribution in [1.29, 1.82) is 0 Å². The number of piperidine rings is 1. The predicted octanol–water partition coefficient (Wildman–Crippen LogP) is 2.04. The number of aryl methyl sites for hydroxylation is 1. The number of hydrogen-bond donors (Lipinski definition) is 1. The SMILES string of the molecule is Cn1cnc2ccc(C3CCNCC3)cc21. The van der Waals surface area contributed by atoms with Gasteiger partial charge < -0.3 is 9.88 Å². The van der Waals surface area contributed by atoms with Crippen molar-refractivity contribution >= 4 is 11.0 Å². The van der Waals surface area contributed by atoms with Crippen LogP contribution in [0.5, 0.6) is 0 Å². The lowest BCUT2D eigenvalue weighted by atomic mass is 9.90. The fourth-order valence-electron chi connectivity index (χ4n) is 2.55. The van der Waals surface area contributed by atoms with Gasteiger partial charge in [0.1, 0.15) is 0 Å². The molecule has 1 aromatic heterocycles. The highest BCUT2D eigenvalue weighted by Gasteiger charge is 2.15. The Labute approximate surface area is 95.5 Å². The molecule has 1 aromatic carbocycles. The van der Waals surface area contributed by atoms with Crippen molar-refractivity contribution in [3.63, 3.8) is 0 Å². The van der Waals surface area contributed by atoms with Crippen molar-refractivity contribution in [3.8, 4) is 0 Å². The summed E-state index contributed by atoms with van der Waals surface area (Å²) in [6.07, 6.45) is 4.39. The third-order valence-electron chi connectivity index (χ3n) is 3.56. The Hall–Kier alpha value is -1.35. The van der Waals surface area contributed by atoms with E-state index in [9.17, 15) is 0 Å². The summed E-state index contributed by atoms with van der Waals surface area (Å²) in [5.74, 6) is 0.723. The van der Waals surface area contributed by atoms with E-state index in [0.717, 1.165) is 24.5 Å². The number of nitrogens with zero attached hydrogens (tertiary/aromatic N) is 2. The lowest BCUT2D eigenvalue weighted by Crippen LogP contribution is -2.26. The van der Waals surface area contributed by atoms with Gasteiger partial charge in [0.15, 0.2) is 0 Å². The number of aromatic nitrogens is 2. The summed E-state index contributed by atoms with van der Waals surface area (Å²) < 4.78 is 2.10. The molecule has 0 amide bonds. The molecule has 0 unspecified atom stereocenters. The molecule has 0 aliphatic carbocycles. The van der Waals surface area contributed by atoms with Gasteiger partial charge in [-0.3, -0.25) is 0 Å². The van der Waals surface area contributed by atoms with Crippen molar-refractivity contribution in [1.82, 2.24) is 14.9 Å². The van der Waals surface area contributed by atoms with E-state index in [-0.39, 0.29) is 0 Å². The van der Waals surface area contributed by atoms with Crippen molar-refractivity contribution in [3.05, 3.63) is 30.1 Å². The molecular formula is C13H17N3. The minimum atomic E-state index is 0.723. The van der Waals surface area contributed by atoms with Gasteiger partial charge in [0.05, 0.1) is 17.4 Å². The molecule has 0 radical (unpaired) electrons. The van der Waals surface area contributed by atoms with Crippen LogP contribution < -0.4 is 5.32 Å². The van der Waals surface area contributed by atoms with Gasteiger partial charge in [0, 0.05) is 7.05 Å². The Morgan fingerprint density at radius 1 is 1.31 bits per heavy atom. The van der Waals surface area contributed by atoms with Gasteiger partial charge in [0.25, 0.3) is 0 Å². The van der Waals surface area contributed by atoms with Gasteiger partial charge in [0.2, 0.25) is 0 Å². The average Bonchev–Trinajstić information content (AvgIpc) is 2.72. The molecule has 1 aliphatic heterocycles. The van der Waals surface area contributed by atoms with Crippen LogP contribution in [-0.4, -0.2) is 22.6 Å². The van der Waals surface area contributed by atoms with E-state index in [0.29, 0.717) is 0 Å². The summed E-state index contributed by atoms with van der Waals surface area (Å²) in [5, 5.41) is 3.41. The molecule has 16 heavy (non-hydrogen) atoms. The Morgan fingerprint density at radius 2 is 2.12 bits per heavy atom. The normalized spacial score (nSPS) is 18.1. The third kappa shape index (κ3) is 1.61. The highest BCUT2D eigenvalue weighted by Crippen LogP contribution is 2.27. The van der Waals surface area contributed by atoms with Crippen LogP contribution in [0.3, 0.4) is 0 Å². The van der Waals surface area contributed by atoms with E-state index < -0.39 is 0 Å². The zero-order chi connectivity index (χ0) is 11.0. The zero-order valence-corrected chi connectivity index (χ0v) is 9.61. The summed E-state index contributed by atoms with van der Waals surface area (Å²) in [6.45, 7) is 2.29. The molecule has 0 atom stereocenters. The van der Waals surface area contributed by atoms with Crippen molar-refractivity contribution < 1.29 is 0 Å². The number of imidazole rings is 1. The van der Waals surface area contributed by atoms with Crippen LogP contribution in [0.1, 0.15) is 24.3 Å². The fourth-order valence-corrected chi connectivity index (χ4v) is 2.55. The number of hydrogen-bond acceptors (Lipinski definition) is 2. The smallest absolute Gasteiger partial charge is 0.0955 e. The minimum Gasteiger partial charge on any atom is -0.334 e. The van der Waals surface area contributed by atoms with Crippen LogP contribution in [0, 0.1) is 0 Å². The maximum Gasteiger partial charge on any atom is 0.0955 e. The molecule has 1 aliphatic rings. The van der Waals surface area contributed by atoms with E-state index in [1.165, 1.54) is 23.9 Å². The minimum absolute atomic E-state index is 0.723. The van der Waals surface area contributed by atoms with Crippen LogP contribution in [0.2, 0.25) is 0 Å². The molecule has 3 rings (SSSR count). The monoisotopic (exact) mass is 215 g/mol. The van der Waals surface area contributed by atoms with Crippen molar-refractivity contribution in [2.75, 3.05) is 13.1 Å². The lowest BCUT2D eigenvalue weighted by molar-refractivity contribution is 0.460. The first-order chi connectivity index (χ1) is 7.84. The molecule has 1 saturated heterocycles. The molecule has 3 nitrogen and oxygen atoms in total. The zero-order valence-electron chi connectivity index (χ0n) is 9.61. The van der Waals surface area contributed by atoms with Crippen molar-refractivity contribution in [2.45, 2.75) is 18.8 Å². The average molecular weight is 215 g/mol. The van der Waals surface area contributed by atoms with Crippen molar-refractivity contribution in [2.24, 2.45) is 7.05 Å². The number of fused-ring (bicyclic) bond motifs is 1. The van der Waals surface area contributed by atoms with E-state index in [1.807, 2.05) is 6.33 Å². The Kier molecular flexibility index (Phi) is 2.40. The van der Waals surface area contributed by atoms with E-state index >= 15 is 0 Å². The maximum atomic E-state index is 4.36. The summed E-state index contributed by atoms with van der Waals surface area (Å²) in [7, 11) is 2.06. The Balaban J connectivity index is 1.99. The molecule has 0 spiro atoms. The highest BCUT2D eigenvalue weighted by atomic mass is 15.0. The molecule has 0 bridgehead atoms. The maximum absolute atomic E-state index is 4.36. The predicted molar refractivity (Wildman–Crippen MR) is 65.6 cm³/mol. The summed E-state index contributed by atoms with van der Waals surface area (Å²) in [5.41, 5.74) is 3.81. The van der Waals surface area contributed by atoms with E-state index in [1.54, 1.807) is 0 Å². The van der Waals surface area contributed by atoms with Crippen LogP contribution in [0.25, 0.3) is 11.0 Å². The molecular weight excluding hydrogens is 198 g/mol. The van der Waals surface area contributed by atoms with Gasteiger partial charge in [-0.2, -0.15) is 0 Å². The summed E-state index contributed by atoms with van der Waals surface area (Å²) in [6, 6.07) is 6.69. The summed E-state index contributed by atoms with van der Waals surface area (Å²) in [4.78, 5) is 4.36. The second kappa shape index (κ2) is 3.91. The second-order valence-electron chi connectivity index (χ2n) is 4.63. The van der Waals surface area contributed by atoms with Gasteiger partial charge in [-0.1, -0.05) is 6.07 Å². The largest absolute Gasteiger partial charge is 0.334 e. The lowest BCUT2D eigenvalue weighted by Gasteiger charge is -2.23. The van der Waals surface area contributed by atoms with Gasteiger partial charge in [-0.05, 0) is 49.5 Å². The molecule has 2 heterocycles. The quantitative estimate of drug-likeness (QED) is 0.789. The first-order valence-electron chi connectivity index (χ1n) is 5.96. The van der Waals surface area contributed by atoms with Crippen LogP contribution >= 0.6 is 0 Å². The second-order valence-corrected chi connectivity index (χ2v) is 4.63. The number of benzene rings is 1. The van der Waals surface area contributed by atoms with Crippen LogP contribution in [0.4, 0.5) is 0 Å². The standard InChI is InChI=1S/C13H17N3/c1-16-9-15-12-3-2-11(8-13(12)16)10-4-6-14-7-5-10/h2-3,8-10,14H,4-7H2,1H3. The van der Waals surface area contributed by atoms with Gasteiger partial charge >= 0.3 is 0 Å². The van der Waals surface area contributed by atoms with Crippen LogP contribution in [0.15, 0.2) is 24.5 Å². The third-order valence-corrected chi connectivity index (χ3v) is 3.56. The molecule has 1 N–H and O–H groups in total. The first kappa shape index (κ1) is 9.85. The number of nitrogens with one attached hydrogen (secondary N) is 1. The highest BCUT2D eigenvalue weighted by molar-refractivity contribution is 5.76. The van der Waals surface area contributed by atoms with Crippen LogP contribution in [-0.2, 0) is 7.05 Å². The Bertz CT molecular complexity index is 495. The van der Waals surface area contributed by atoms with E-state index in [4.69, 9.17) is 0 Å². The molecule has 2 aromatic rings. The van der Waals surface area contributed by atoms with Gasteiger partial charge in [-0.15, -0.1) is 0 Å². The summed E-state index contributed by atoms with van der Waals surface area (Å²) >= 11 is 0. The molecule has 0 saturated carbocycles. The number of rotatable bonds is 1. The van der Waals surface area contributed by atoms with Gasteiger partial charge in [-0.25, -0.2) is 4.98 Å². The topological polar surface area (TPSA) is 29.9 Å². The van der Waals surface area contributed by atoms with E-state index in [2.05, 4.69) is 40.1 Å². The molecule has 3 heteroatoms. The fraction of sp³-hybridized carbons (Fsp3) is 0.462.